The molecule has 0 heterocycles. The van der Waals surface area contributed by atoms with E-state index in [1.165, 1.54) is 43.4 Å². The minimum absolute atomic E-state index is 0.871. The number of allylic oxidation sites excluding steroid dienone is 1. The highest BCUT2D eigenvalue weighted by molar-refractivity contribution is 7.06. The summed E-state index contributed by atoms with van der Waals surface area (Å²) < 4.78 is 0. The van der Waals surface area contributed by atoms with Gasteiger partial charge in [-0.3, -0.25) is 0 Å². The number of nitrogens with one attached hydrogen (secondary N) is 1. The molecule has 0 bridgehead atoms. The number of hydrogen-bond donors (Lipinski definition) is 1. The maximum atomic E-state index is 3.59. The Hall–Kier alpha value is -3.20. The molecule has 0 atom stereocenters. The SMILES string of the molecule is C/C(=C\c1ccc(CNCc2cc(C)cc(C)c2)cc1)[Si](C)(c1ccccc1)c1ccccc1. The summed E-state index contributed by atoms with van der Waals surface area (Å²) in [6.45, 7) is 10.9. The molecule has 1 N–H and O–H groups in total. The Kier molecular flexibility index (Phi) is 7.62. The van der Waals surface area contributed by atoms with Crippen LogP contribution in [0.3, 0.4) is 0 Å². The largest absolute Gasteiger partial charge is 0.309 e. The molecule has 2 heteroatoms. The molecule has 0 saturated carbocycles. The average Bonchev–Trinajstić information content (AvgIpc) is 2.85. The predicted molar refractivity (Wildman–Crippen MR) is 150 cm³/mol. The molecule has 0 amide bonds. The van der Waals surface area contributed by atoms with Gasteiger partial charge >= 0.3 is 0 Å². The quantitative estimate of drug-likeness (QED) is 0.298. The van der Waals surface area contributed by atoms with Crippen molar-refractivity contribution in [3.05, 3.63) is 136 Å². The molecule has 0 unspecified atom stereocenters. The van der Waals surface area contributed by atoms with E-state index in [4.69, 9.17) is 0 Å². The van der Waals surface area contributed by atoms with Gasteiger partial charge in [0.25, 0.3) is 0 Å². The van der Waals surface area contributed by atoms with E-state index < -0.39 is 8.07 Å². The van der Waals surface area contributed by atoms with Crippen LogP contribution in [0.25, 0.3) is 6.08 Å². The van der Waals surface area contributed by atoms with Crippen LogP contribution in [0.1, 0.15) is 34.7 Å². The average molecular weight is 462 g/mol. The van der Waals surface area contributed by atoms with Crippen molar-refractivity contribution < 1.29 is 0 Å². The number of benzene rings is 4. The zero-order valence-electron chi connectivity index (χ0n) is 20.8. The second-order valence-electron chi connectivity index (χ2n) is 9.53. The summed E-state index contributed by atoms with van der Waals surface area (Å²) in [5.41, 5.74) is 6.57. The molecule has 4 aromatic carbocycles. The summed E-state index contributed by atoms with van der Waals surface area (Å²) in [4.78, 5) is 0. The van der Waals surface area contributed by atoms with Crippen molar-refractivity contribution in [2.24, 2.45) is 0 Å². The Balaban J connectivity index is 1.50. The fourth-order valence-electron chi connectivity index (χ4n) is 4.81. The normalized spacial score (nSPS) is 12.1. The van der Waals surface area contributed by atoms with E-state index in [1.54, 1.807) is 0 Å². The van der Waals surface area contributed by atoms with E-state index in [0.29, 0.717) is 0 Å². The van der Waals surface area contributed by atoms with Crippen LogP contribution >= 0.6 is 0 Å². The topological polar surface area (TPSA) is 12.0 Å². The Labute approximate surface area is 206 Å². The van der Waals surface area contributed by atoms with Crippen molar-refractivity contribution >= 4 is 24.5 Å². The van der Waals surface area contributed by atoms with Crippen LogP contribution in [-0.2, 0) is 13.1 Å². The number of hydrogen-bond acceptors (Lipinski definition) is 1. The highest BCUT2D eigenvalue weighted by atomic mass is 28.3. The Morgan fingerprint density at radius 3 is 1.71 bits per heavy atom. The van der Waals surface area contributed by atoms with E-state index in [1.807, 2.05) is 0 Å². The van der Waals surface area contributed by atoms with E-state index in [2.05, 4.69) is 142 Å². The lowest BCUT2D eigenvalue weighted by molar-refractivity contribution is 0.692. The first-order valence-electron chi connectivity index (χ1n) is 12.1. The zero-order chi connectivity index (χ0) is 24.0. The van der Waals surface area contributed by atoms with Crippen molar-refractivity contribution in [2.45, 2.75) is 40.4 Å². The molecular formula is C32H35NSi. The summed E-state index contributed by atoms with van der Waals surface area (Å²) in [6, 6.07) is 37.8. The Morgan fingerprint density at radius 1 is 0.676 bits per heavy atom. The van der Waals surface area contributed by atoms with Crippen molar-refractivity contribution in [2.75, 3.05) is 0 Å². The monoisotopic (exact) mass is 461 g/mol. The minimum Gasteiger partial charge on any atom is -0.309 e. The smallest absolute Gasteiger partial charge is 0.141 e. The zero-order valence-corrected chi connectivity index (χ0v) is 21.8. The van der Waals surface area contributed by atoms with Crippen LogP contribution in [-0.4, -0.2) is 8.07 Å². The van der Waals surface area contributed by atoms with Gasteiger partial charge in [-0.15, -0.1) is 0 Å². The van der Waals surface area contributed by atoms with Gasteiger partial charge in [-0.05, 0) is 47.8 Å². The van der Waals surface area contributed by atoms with Crippen LogP contribution in [0.5, 0.6) is 0 Å². The van der Waals surface area contributed by atoms with Crippen LogP contribution in [0.2, 0.25) is 6.55 Å². The lowest BCUT2D eigenvalue weighted by Gasteiger charge is -2.30. The van der Waals surface area contributed by atoms with Crippen LogP contribution < -0.4 is 15.7 Å². The van der Waals surface area contributed by atoms with Gasteiger partial charge in [0.15, 0.2) is 0 Å². The van der Waals surface area contributed by atoms with Crippen LogP contribution in [0, 0.1) is 13.8 Å². The first-order valence-corrected chi connectivity index (χ1v) is 14.6. The molecule has 0 aromatic heterocycles. The van der Waals surface area contributed by atoms with Gasteiger partial charge < -0.3 is 5.32 Å². The molecule has 172 valence electrons. The third kappa shape index (κ3) is 5.64. The van der Waals surface area contributed by atoms with E-state index in [0.717, 1.165) is 13.1 Å². The van der Waals surface area contributed by atoms with Crippen LogP contribution in [0.15, 0.2) is 108 Å². The summed E-state index contributed by atoms with van der Waals surface area (Å²) in [5, 5.41) is 7.95. The molecule has 0 aliphatic carbocycles. The van der Waals surface area contributed by atoms with Gasteiger partial charge in [0.1, 0.15) is 8.07 Å². The summed E-state index contributed by atoms with van der Waals surface area (Å²) in [5.74, 6) is 0. The van der Waals surface area contributed by atoms with Crippen LogP contribution in [0.4, 0.5) is 0 Å². The second kappa shape index (κ2) is 10.8. The minimum atomic E-state index is -2.02. The molecule has 0 spiro atoms. The van der Waals surface area contributed by atoms with Crippen molar-refractivity contribution in [3.8, 4) is 0 Å². The van der Waals surface area contributed by atoms with Gasteiger partial charge in [-0.1, -0.05) is 132 Å². The Morgan fingerprint density at radius 2 is 1.18 bits per heavy atom. The summed E-state index contributed by atoms with van der Waals surface area (Å²) in [6.07, 6.45) is 2.39. The maximum Gasteiger partial charge on any atom is 0.141 e. The van der Waals surface area contributed by atoms with Gasteiger partial charge in [0.2, 0.25) is 0 Å². The van der Waals surface area contributed by atoms with E-state index >= 15 is 0 Å². The van der Waals surface area contributed by atoms with Gasteiger partial charge in [0, 0.05) is 13.1 Å². The van der Waals surface area contributed by atoms with Gasteiger partial charge in [0.05, 0.1) is 0 Å². The molecule has 4 rings (SSSR count). The molecular weight excluding hydrogens is 426 g/mol. The number of aryl methyl sites for hydroxylation is 2. The fourth-order valence-corrected chi connectivity index (χ4v) is 8.23. The molecule has 0 fully saturated rings. The lowest BCUT2D eigenvalue weighted by Crippen LogP contribution is -2.56. The van der Waals surface area contributed by atoms with Crippen molar-refractivity contribution in [1.82, 2.24) is 5.32 Å². The number of rotatable bonds is 8. The first kappa shape index (κ1) is 23.9. The molecule has 34 heavy (non-hydrogen) atoms. The molecule has 1 nitrogen and oxygen atoms in total. The van der Waals surface area contributed by atoms with Crippen molar-refractivity contribution in [3.63, 3.8) is 0 Å². The fraction of sp³-hybridized carbons (Fsp3) is 0.188. The molecule has 4 aromatic rings. The van der Waals surface area contributed by atoms with E-state index in [9.17, 15) is 0 Å². The third-order valence-corrected chi connectivity index (χ3v) is 11.5. The standard InChI is InChI=1S/C32H35NSi/c1-25-19-26(2)21-30(20-25)24-33-23-29-17-15-28(16-18-29)22-27(3)34(4,31-11-7-5-8-12-31)32-13-9-6-10-14-32/h5-22,33H,23-24H2,1-4H3/b27-22+. The molecule has 0 aliphatic rings. The summed E-state index contributed by atoms with van der Waals surface area (Å²) >= 11 is 0. The maximum absolute atomic E-state index is 3.59. The second-order valence-corrected chi connectivity index (χ2v) is 13.7. The van der Waals surface area contributed by atoms with Gasteiger partial charge in [-0.2, -0.15) is 0 Å². The Bertz CT molecular complexity index is 1180. The lowest BCUT2D eigenvalue weighted by atomic mass is 10.1. The van der Waals surface area contributed by atoms with Crippen molar-refractivity contribution in [1.29, 1.82) is 0 Å². The summed E-state index contributed by atoms with van der Waals surface area (Å²) in [7, 11) is -2.02. The molecule has 0 saturated heterocycles. The third-order valence-electron chi connectivity index (χ3n) is 6.79. The first-order chi connectivity index (χ1) is 16.4. The molecule has 0 aliphatic heterocycles. The molecule has 0 radical (unpaired) electrons. The van der Waals surface area contributed by atoms with Gasteiger partial charge in [-0.25, -0.2) is 0 Å². The highest BCUT2D eigenvalue weighted by Crippen LogP contribution is 2.19. The predicted octanol–water partition coefficient (Wildman–Crippen LogP) is 6.43. The highest BCUT2D eigenvalue weighted by Gasteiger charge is 2.33. The van der Waals surface area contributed by atoms with E-state index in [-0.39, 0.29) is 0 Å².